The molecule has 1 aromatic heterocycles. The van der Waals surface area contributed by atoms with Gasteiger partial charge in [-0.25, -0.2) is 9.48 Å². The van der Waals surface area contributed by atoms with Crippen molar-refractivity contribution < 1.29 is 14.3 Å². The molecule has 25 heavy (non-hydrogen) atoms. The Labute approximate surface area is 146 Å². The number of hydrogen-bond acceptors (Lipinski definition) is 6. The first kappa shape index (κ1) is 17.0. The summed E-state index contributed by atoms with van der Waals surface area (Å²) in [5.41, 5.74) is 2.21. The van der Waals surface area contributed by atoms with Gasteiger partial charge in [-0.05, 0) is 19.4 Å². The number of para-hydroxylation sites is 1. The van der Waals surface area contributed by atoms with Crippen molar-refractivity contribution in [1.29, 1.82) is 0 Å². The molecule has 1 aliphatic rings. The van der Waals surface area contributed by atoms with Gasteiger partial charge in [-0.2, -0.15) is 10.1 Å². The normalized spacial score (nSPS) is 16.2. The molecule has 0 saturated heterocycles. The van der Waals surface area contributed by atoms with Crippen LogP contribution in [-0.2, 0) is 9.53 Å². The van der Waals surface area contributed by atoms with Crippen molar-refractivity contribution in [1.82, 2.24) is 14.8 Å². The number of carbonyl (C=O) groups excluding carboxylic acids is 1. The quantitative estimate of drug-likeness (QED) is 0.813. The van der Waals surface area contributed by atoms with Crippen molar-refractivity contribution in [2.24, 2.45) is 0 Å². The van der Waals surface area contributed by atoms with Crippen molar-refractivity contribution >= 4 is 11.9 Å². The second-order valence-electron chi connectivity index (χ2n) is 5.66. The standard InChI is InChI=1S/C18H22N4O3/c1-4-8-13-15(17(23)25-5-2)16(22-18(21-13)19-11-20-22)12-9-6-7-10-14(12)24-3/h6-7,9-11,16H,4-5,8H2,1-3H3,(H,19,20,21)/t16-/m1/s1. The Morgan fingerprint density at radius 3 is 2.84 bits per heavy atom. The SMILES string of the molecule is CCCC1=C(C(=O)OCC)[C@@H](c2ccccc2OC)n2ncnc2N1. The second-order valence-corrected chi connectivity index (χ2v) is 5.66. The van der Waals surface area contributed by atoms with E-state index in [0.29, 0.717) is 30.3 Å². The summed E-state index contributed by atoms with van der Waals surface area (Å²) in [6, 6.07) is 7.17. The Morgan fingerprint density at radius 1 is 1.32 bits per heavy atom. The highest BCUT2D eigenvalue weighted by atomic mass is 16.5. The van der Waals surface area contributed by atoms with Gasteiger partial charge in [-0.3, -0.25) is 0 Å². The number of nitrogens with zero attached hydrogens (tertiary/aromatic N) is 3. The Balaban J connectivity index is 2.21. The Bertz CT molecular complexity index is 797. The maximum Gasteiger partial charge on any atom is 0.338 e. The minimum atomic E-state index is -0.449. The number of aromatic nitrogens is 3. The minimum absolute atomic E-state index is 0.310. The van der Waals surface area contributed by atoms with Crippen molar-refractivity contribution in [2.45, 2.75) is 32.7 Å². The molecule has 2 heterocycles. The number of anilines is 1. The fraction of sp³-hybridized carbons (Fsp3) is 0.389. The van der Waals surface area contributed by atoms with Crippen LogP contribution in [0.1, 0.15) is 38.3 Å². The van der Waals surface area contributed by atoms with E-state index in [-0.39, 0.29) is 5.97 Å². The van der Waals surface area contributed by atoms with E-state index in [0.717, 1.165) is 17.7 Å². The molecule has 0 unspecified atom stereocenters. The van der Waals surface area contributed by atoms with Crippen LogP contribution in [0.2, 0.25) is 0 Å². The molecule has 132 valence electrons. The maximum absolute atomic E-state index is 12.8. The summed E-state index contributed by atoms with van der Waals surface area (Å²) >= 11 is 0. The molecule has 0 aliphatic carbocycles. The number of esters is 1. The largest absolute Gasteiger partial charge is 0.496 e. The lowest BCUT2D eigenvalue weighted by Crippen LogP contribution is -2.30. The first-order valence-electron chi connectivity index (χ1n) is 8.40. The number of methoxy groups -OCH3 is 1. The number of rotatable bonds is 6. The molecule has 1 N–H and O–H groups in total. The van der Waals surface area contributed by atoms with Crippen molar-refractivity contribution in [3.63, 3.8) is 0 Å². The van der Waals surface area contributed by atoms with Crippen LogP contribution in [-0.4, -0.2) is 34.5 Å². The van der Waals surface area contributed by atoms with Gasteiger partial charge < -0.3 is 14.8 Å². The summed E-state index contributed by atoms with van der Waals surface area (Å²) < 4.78 is 12.6. The van der Waals surface area contributed by atoms with Gasteiger partial charge in [0.25, 0.3) is 0 Å². The molecule has 0 amide bonds. The average molecular weight is 342 g/mol. The van der Waals surface area contributed by atoms with Crippen molar-refractivity contribution in [2.75, 3.05) is 19.0 Å². The summed E-state index contributed by atoms with van der Waals surface area (Å²) in [4.78, 5) is 17.0. The minimum Gasteiger partial charge on any atom is -0.496 e. The highest BCUT2D eigenvalue weighted by Gasteiger charge is 2.36. The first-order valence-corrected chi connectivity index (χ1v) is 8.40. The fourth-order valence-electron chi connectivity index (χ4n) is 3.09. The van der Waals surface area contributed by atoms with E-state index >= 15 is 0 Å². The van der Waals surface area contributed by atoms with Crippen LogP contribution in [0.15, 0.2) is 41.9 Å². The van der Waals surface area contributed by atoms with Gasteiger partial charge in [0.15, 0.2) is 0 Å². The highest BCUT2D eigenvalue weighted by Crippen LogP contribution is 2.39. The zero-order valence-corrected chi connectivity index (χ0v) is 14.7. The van der Waals surface area contributed by atoms with E-state index in [1.807, 2.05) is 24.3 Å². The zero-order chi connectivity index (χ0) is 17.8. The molecule has 7 nitrogen and oxygen atoms in total. The molecule has 0 spiro atoms. The van der Waals surface area contributed by atoms with Gasteiger partial charge in [0.05, 0.1) is 19.3 Å². The number of carbonyl (C=O) groups is 1. The lowest BCUT2D eigenvalue weighted by atomic mass is 9.93. The number of nitrogens with one attached hydrogen (secondary N) is 1. The molecule has 0 radical (unpaired) electrons. The maximum atomic E-state index is 12.8. The van der Waals surface area contributed by atoms with Gasteiger partial charge >= 0.3 is 5.97 Å². The Hall–Kier alpha value is -2.83. The molecule has 7 heteroatoms. The number of allylic oxidation sites excluding steroid dienone is 1. The molecule has 0 bridgehead atoms. The molecular formula is C18H22N4O3. The molecule has 3 rings (SSSR count). The molecule has 0 fully saturated rings. The van der Waals surface area contributed by atoms with Crippen LogP contribution >= 0.6 is 0 Å². The van der Waals surface area contributed by atoms with Crippen molar-refractivity contribution in [3.05, 3.63) is 47.4 Å². The van der Waals surface area contributed by atoms with Crippen LogP contribution in [0, 0.1) is 0 Å². The van der Waals surface area contributed by atoms with Gasteiger partial charge in [0, 0.05) is 11.3 Å². The van der Waals surface area contributed by atoms with E-state index < -0.39 is 6.04 Å². The highest BCUT2D eigenvalue weighted by molar-refractivity contribution is 5.92. The van der Waals surface area contributed by atoms with Crippen LogP contribution < -0.4 is 10.1 Å². The van der Waals surface area contributed by atoms with Crippen LogP contribution in [0.3, 0.4) is 0 Å². The van der Waals surface area contributed by atoms with Crippen molar-refractivity contribution in [3.8, 4) is 5.75 Å². The van der Waals surface area contributed by atoms with E-state index in [4.69, 9.17) is 9.47 Å². The van der Waals surface area contributed by atoms with Gasteiger partial charge in [0.2, 0.25) is 5.95 Å². The monoisotopic (exact) mass is 342 g/mol. The molecule has 1 aromatic carbocycles. The first-order chi connectivity index (χ1) is 12.2. The fourth-order valence-corrected chi connectivity index (χ4v) is 3.09. The summed E-state index contributed by atoms with van der Waals surface area (Å²) in [6.45, 7) is 4.17. The summed E-state index contributed by atoms with van der Waals surface area (Å²) in [7, 11) is 1.61. The third-order valence-electron chi connectivity index (χ3n) is 4.11. The summed E-state index contributed by atoms with van der Waals surface area (Å²) in [6.07, 6.45) is 3.08. The summed E-state index contributed by atoms with van der Waals surface area (Å²) in [5, 5.41) is 7.55. The lowest BCUT2D eigenvalue weighted by Gasteiger charge is -2.30. The average Bonchev–Trinajstić information content (AvgIpc) is 3.09. The molecule has 0 saturated carbocycles. The predicted octanol–water partition coefficient (Wildman–Crippen LogP) is 2.92. The molecular weight excluding hydrogens is 320 g/mol. The molecule has 1 aliphatic heterocycles. The van der Waals surface area contributed by atoms with Crippen LogP contribution in [0.4, 0.5) is 5.95 Å². The zero-order valence-electron chi connectivity index (χ0n) is 14.7. The predicted molar refractivity (Wildman–Crippen MR) is 93.3 cm³/mol. The topological polar surface area (TPSA) is 78.3 Å². The van der Waals surface area contributed by atoms with E-state index in [1.165, 1.54) is 6.33 Å². The van der Waals surface area contributed by atoms with E-state index in [1.54, 1.807) is 18.7 Å². The Morgan fingerprint density at radius 2 is 2.12 bits per heavy atom. The number of benzene rings is 1. The van der Waals surface area contributed by atoms with Gasteiger partial charge in [0.1, 0.15) is 18.1 Å². The smallest absolute Gasteiger partial charge is 0.338 e. The van der Waals surface area contributed by atoms with E-state index in [2.05, 4.69) is 22.3 Å². The summed E-state index contributed by atoms with van der Waals surface area (Å²) in [5.74, 6) is 0.941. The molecule has 2 aromatic rings. The van der Waals surface area contributed by atoms with Gasteiger partial charge in [-0.1, -0.05) is 31.5 Å². The third kappa shape index (κ3) is 3.09. The molecule has 1 atom stereocenters. The lowest BCUT2D eigenvalue weighted by molar-refractivity contribution is -0.139. The second kappa shape index (κ2) is 7.38. The Kier molecular flexibility index (Phi) is 5.02. The number of ether oxygens (including phenoxy) is 2. The number of fused-ring (bicyclic) bond motifs is 1. The van der Waals surface area contributed by atoms with Gasteiger partial charge in [-0.15, -0.1) is 0 Å². The number of hydrogen-bond donors (Lipinski definition) is 1. The third-order valence-corrected chi connectivity index (χ3v) is 4.11. The van der Waals surface area contributed by atoms with Crippen LogP contribution in [0.5, 0.6) is 5.75 Å². The van der Waals surface area contributed by atoms with E-state index in [9.17, 15) is 4.79 Å². The van der Waals surface area contributed by atoms with Crippen LogP contribution in [0.25, 0.3) is 0 Å².